The van der Waals surface area contributed by atoms with Crippen molar-refractivity contribution in [1.82, 2.24) is 15.1 Å². The van der Waals surface area contributed by atoms with Crippen LogP contribution in [0, 0.1) is 20.8 Å². The van der Waals surface area contributed by atoms with E-state index in [1.54, 1.807) is 4.68 Å². The topological polar surface area (TPSA) is 65.4 Å². The summed E-state index contributed by atoms with van der Waals surface area (Å²) in [5.41, 5.74) is 2.86. The Bertz CT molecular complexity index is 692. The molecule has 2 rings (SSSR count). The Morgan fingerprint density at radius 2 is 1.88 bits per heavy atom. The number of carbonyl (C=O) groups excluding carboxylic acids is 1. The smallest absolute Gasteiger partial charge is 0.258 e. The molecule has 1 atom stereocenters. The molecule has 0 radical (unpaired) electrons. The van der Waals surface area contributed by atoms with E-state index in [9.17, 15) is 4.79 Å². The number of carbonyl (C=O) groups is 1. The molecule has 1 N–H and O–H groups in total. The van der Waals surface area contributed by atoms with Crippen LogP contribution in [0.5, 0.6) is 11.5 Å². The lowest BCUT2D eigenvalue weighted by molar-refractivity contribution is -0.123. The summed E-state index contributed by atoms with van der Waals surface area (Å²) in [4.78, 5) is 12.0. The summed E-state index contributed by atoms with van der Waals surface area (Å²) < 4.78 is 13.0. The largest absolute Gasteiger partial charge is 0.491 e. The molecule has 6 heteroatoms. The zero-order chi connectivity index (χ0) is 17.7. The molecule has 130 valence electrons. The van der Waals surface area contributed by atoms with Gasteiger partial charge >= 0.3 is 0 Å². The van der Waals surface area contributed by atoms with Crippen LogP contribution in [0.15, 0.2) is 24.3 Å². The van der Waals surface area contributed by atoms with Gasteiger partial charge in [-0.05, 0) is 39.8 Å². The fourth-order valence-corrected chi connectivity index (χ4v) is 2.31. The van der Waals surface area contributed by atoms with Crippen molar-refractivity contribution in [1.29, 1.82) is 0 Å². The molecule has 0 unspecified atom stereocenters. The molecular formula is C18H25N3O3. The van der Waals surface area contributed by atoms with Crippen LogP contribution < -0.4 is 14.8 Å². The first-order chi connectivity index (χ1) is 11.4. The monoisotopic (exact) mass is 331 g/mol. The Hall–Kier alpha value is -2.50. The first kappa shape index (κ1) is 17.8. The first-order valence-electron chi connectivity index (χ1n) is 7.98. The van der Waals surface area contributed by atoms with Crippen LogP contribution in [-0.2, 0) is 11.8 Å². The quantitative estimate of drug-likeness (QED) is 0.845. The number of rotatable bonds is 7. The summed E-state index contributed by atoms with van der Waals surface area (Å²) in [6, 6.07) is 7.70. The fourth-order valence-electron chi connectivity index (χ4n) is 2.31. The highest BCUT2D eigenvalue weighted by Crippen LogP contribution is 2.21. The average Bonchev–Trinajstić information content (AvgIpc) is 2.77. The highest BCUT2D eigenvalue weighted by atomic mass is 16.5. The number of amides is 1. The van der Waals surface area contributed by atoms with Gasteiger partial charge in [-0.3, -0.25) is 9.48 Å². The van der Waals surface area contributed by atoms with Crippen molar-refractivity contribution in [2.75, 3.05) is 13.2 Å². The molecule has 6 nitrogen and oxygen atoms in total. The molecule has 1 amide bonds. The second-order valence-electron chi connectivity index (χ2n) is 6.00. The molecule has 0 fully saturated rings. The molecule has 0 saturated carbocycles. The van der Waals surface area contributed by atoms with Gasteiger partial charge in [0.05, 0.1) is 11.7 Å². The Balaban J connectivity index is 1.76. The predicted molar refractivity (Wildman–Crippen MR) is 92.5 cm³/mol. The van der Waals surface area contributed by atoms with Gasteiger partial charge < -0.3 is 14.8 Å². The van der Waals surface area contributed by atoms with Crippen molar-refractivity contribution >= 4 is 5.91 Å². The lowest BCUT2D eigenvalue weighted by Crippen LogP contribution is -2.39. The fraction of sp³-hybridized carbons (Fsp3) is 0.444. The summed E-state index contributed by atoms with van der Waals surface area (Å²) in [5.74, 6) is 1.27. The van der Waals surface area contributed by atoms with E-state index >= 15 is 0 Å². The van der Waals surface area contributed by atoms with Gasteiger partial charge in [-0.1, -0.05) is 17.7 Å². The first-order valence-corrected chi connectivity index (χ1v) is 7.98. The van der Waals surface area contributed by atoms with E-state index in [4.69, 9.17) is 9.47 Å². The van der Waals surface area contributed by atoms with Gasteiger partial charge in [0.25, 0.3) is 5.91 Å². The highest BCUT2D eigenvalue weighted by Gasteiger charge is 2.14. The second-order valence-corrected chi connectivity index (χ2v) is 6.00. The van der Waals surface area contributed by atoms with Crippen molar-refractivity contribution in [3.05, 3.63) is 41.2 Å². The third kappa shape index (κ3) is 4.75. The normalized spacial score (nSPS) is 11.9. The van der Waals surface area contributed by atoms with Crippen LogP contribution in [0.25, 0.3) is 0 Å². The Morgan fingerprint density at radius 3 is 2.46 bits per heavy atom. The average molecular weight is 331 g/mol. The van der Waals surface area contributed by atoms with E-state index in [-0.39, 0.29) is 18.6 Å². The lowest BCUT2D eigenvalue weighted by atomic mass is 10.2. The minimum Gasteiger partial charge on any atom is -0.491 e. The molecule has 24 heavy (non-hydrogen) atoms. The van der Waals surface area contributed by atoms with E-state index in [0.717, 1.165) is 17.1 Å². The van der Waals surface area contributed by atoms with Crippen molar-refractivity contribution < 1.29 is 14.3 Å². The minimum atomic E-state index is -0.183. The van der Waals surface area contributed by atoms with Gasteiger partial charge in [0, 0.05) is 7.05 Å². The van der Waals surface area contributed by atoms with E-state index < -0.39 is 0 Å². The van der Waals surface area contributed by atoms with Gasteiger partial charge in [0.15, 0.2) is 12.4 Å². The van der Waals surface area contributed by atoms with Crippen LogP contribution in [0.4, 0.5) is 0 Å². The summed E-state index contributed by atoms with van der Waals surface area (Å²) in [6.07, 6.45) is 0. The number of ether oxygens (including phenoxy) is 2. The third-order valence-corrected chi connectivity index (χ3v) is 3.72. The van der Waals surface area contributed by atoms with Gasteiger partial charge in [-0.25, -0.2) is 0 Å². The zero-order valence-electron chi connectivity index (χ0n) is 14.9. The number of benzene rings is 1. The Labute approximate surface area is 142 Å². The molecule has 1 aromatic heterocycles. The molecule has 0 aliphatic carbocycles. The van der Waals surface area contributed by atoms with Crippen molar-refractivity contribution in [2.24, 2.45) is 7.05 Å². The van der Waals surface area contributed by atoms with Crippen molar-refractivity contribution in [3.63, 3.8) is 0 Å². The molecular weight excluding hydrogens is 306 g/mol. The van der Waals surface area contributed by atoms with Crippen LogP contribution in [0.3, 0.4) is 0 Å². The summed E-state index contributed by atoms with van der Waals surface area (Å²) >= 11 is 0. The summed E-state index contributed by atoms with van der Waals surface area (Å²) in [7, 11) is 1.85. The maximum Gasteiger partial charge on any atom is 0.258 e. The van der Waals surface area contributed by atoms with Crippen LogP contribution in [0.2, 0.25) is 0 Å². The number of aryl methyl sites for hydroxylation is 3. The van der Waals surface area contributed by atoms with Gasteiger partial charge in [-0.2, -0.15) is 5.10 Å². The lowest BCUT2D eigenvalue weighted by Gasteiger charge is -2.15. The molecule has 2 aromatic rings. The zero-order valence-corrected chi connectivity index (χ0v) is 14.9. The molecule has 0 spiro atoms. The number of aromatic nitrogens is 2. The summed E-state index contributed by atoms with van der Waals surface area (Å²) in [6.45, 7) is 8.05. The highest BCUT2D eigenvalue weighted by molar-refractivity contribution is 5.77. The molecule has 1 aromatic carbocycles. The Kier molecular flexibility index (Phi) is 5.84. The van der Waals surface area contributed by atoms with Crippen LogP contribution in [-0.4, -0.2) is 34.9 Å². The van der Waals surface area contributed by atoms with Gasteiger partial charge in [0.1, 0.15) is 18.1 Å². The molecule has 0 aliphatic rings. The van der Waals surface area contributed by atoms with Gasteiger partial charge in [0.2, 0.25) is 0 Å². The van der Waals surface area contributed by atoms with Crippen molar-refractivity contribution in [3.8, 4) is 11.5 Å². The van der Waals surface area contributed by atoms with E-state index in [2.05, 4.69) is 10.4 Å². The van der Waals surface area contributed by atoms with E-state index in [1.807, 2.05) is 59.0 Å². The SMILES string of the molecule is Cc1ccc(OC[C@H](C)NC(=O)COc2c(C)nn(C)c2C)cc1. The molecule has 0 bridgehead atoms. The molecule has 1 heterocycles. The van der Waals surface area contributed by atoms with Crippen molar-refractivity contribution in [2.45, 2.75) is 33.7 Å². The standard InChI is InChI=1S/C18H25N3O3/c1-12-6-8-16(9-7-12)23-10-13(2)19-17(22)11-24-18-14(3)20-21(5)15(18)4/h6-9,13H,10-11H2,1-5H3,(H,19,22)/t13-/m0/s1. The molecule has 0 aliphatic heterocycles. The van der Waals surface area contributed by atoms with Crippen LogP contribution >= 0.6 is 0 Å². The maximum atomic E-state index is 12.0. The minimum absolute atomic E-state index is 0.0394. The second kappa shape index (κ2) is 7.86. The maximum absolute atomic E-state index is 12.0. The van der Waals surface area contributed by atoms with E-state index in [0.29, 0.717) is 12.4 Å². The van der Waals surface area contributed by atoms with Gasteiger partial charge in [-0.15, -0.1) is 0 Å². The molecule has 0 saturated heterocycles. The van der Waals surface area contributed by atoms with E-state index in [1.165, 1.54) is 5.56 Å². The summed E-state index contributed by atoms with van der Waals surface area (Å²) in [5, 5.41) is 7.12. The number of hydrogen-bond donors (Lipinski definition) is 1. The number of nitrogens with zero attached hydrogens (tertiary/aromatic N) is 2. The number of nitrogens with one attached hydrogen (secondary N) is 1. The number of hydrogen-bond acceptors (Lipinski definition) is 4. The third-order valence-electron chi connectivity index (χ3n) is 3.72. The predicted octanol–water partition coefficient (Wildman–Crippen LogP) is 2.31. The Morgan fingerprint density at radius 1 is 1.21 bits per heavy atom. The van der Waals surface area contributed by atoms with Crippen LogP contribution in [0.1, 0.15) is 23.9 Å².